The van der Waals surface area contributed by atoms with Crippen molar-refractivity contribution >= 4 is 0 Å². The zero-order valence-corrected chi connectivity index (χ0v) is 9.21. The van der Waals surface area contributed by atoms with E-state index in [1.165, 1.54) is 0 Å². The quantitative estimate of drug-likeness (QED) is 0.778. The van der Waals surface area contributed by atoms with Crippen LogP contribution in [0.2, 0.25) is 0 Å². The maximum atomic E-state index is 9.82. The number of hydrogen-bond acceptors (Lipinski definition) is 2. The van der Waals surface area contributed by atoms with Gasteiger partial charge >= 0.3 is 0 Å². The fourth-order valence-corrected chi connectivity index (χ4v) is 1.94. The molecule has 0 spiro atoms. The maximum absolute atomic E-state index is 9.82. The third-order valence-electron chi connectivity index (χ3n) is 3.17. The van der Waals surface area contributed by atoms with Gasteiger partial charge in [0.1, 0.15) is 0 Å². The molecule has 0 amide bonds. The minimum absolute atomic E-state index is 0.221. The first-order valence-corrected chi connectivity index (χ1v) is 5.79. The molecule has 0 aliphatic heterocycles. The number of aliphatic hydroxyl groups excluding tert-OH is 2. The molecule has 3 nitrogen and oxygen atoms in total. The zero-order chi connectivity index (χ0) is 11.5. The first-order valence-electron chi connectivity index (χ1n) is 5.79. The van der Waals surface area contributed by atoms with Gasteiger partial charge in [0.25, 0.3) is 0 Å². The summed E-state index contributed by atoms with van der Waals surface area (Å²) in [5.41, 5.74) is 8.89. The van der Waals surface area contributed by atoms with Crippen LogP contribution >= 0.6 is 0 Å². The van der Waals surface area contributed by atoms with Gasteiger partial charge in [-0.2, -0.15) is 0 Å². The lowest BCUT2D eigenvalue weighted by molar-refractivity contribution is -0.00951. The highest BCUT2D eigenvalue weighted by molar-refractivity contribution is 5.16. The average molecular weight is 220 g/mol. The fraction of sp³-hybridized carbons (Fsp3) is 0.538. The van der Waals surface area contributed by atoms with Crippen molar-refractivity contribution in [3.05, 3.63) is 35.9 Å². The van der Waals surface area contributed by atoms with Crippen molar-refractivity contribution in [2.24, 2.45) is 5.92 Å². The van der Waals surface area contributed by atoms with E-state index in [0.29, 0.717) is 6.42 Å². The van der Waals surface area contributed by atoms with Crippen molar-refractivity contribution in [1.29, 1.82) is 0 Å². The summed E-state index contributed by atoms with van der Waals surface area (Å²) in [6, 6.07) is 9.02. The zero-order valence-electron chi connectivity index (χ0n) is 9.21. The van der Waals surface area contributed by atoms with E-state index in [2.05, 4.69) is 0 Å². The number of benzene rings is 1. The molecule has 1 aromatic carbocycles. The molecule has 1 aliphatic rings. The highest BCUT2D eigenvalue weighted by Gasteiger charge is 2.37. The second-order valence-corrected chi connectivity index (χ2v) is 4.61. The van der Waals surface area contributed by atoms with Crippen LogP contribution in [0.15, 0.2) is 30.3 Å². The van der Waals surface area contributed by atoms with Gasteiger partial charge in [-0.3, -0.25) is 5.73 Å². The maximum Gasteiger partial charge on any atom is 0.0971 e. The Labute approximate surface area is 95.9 Å². The normalized spacial score (nSPS) is 21.4. The molecular formula is C13H18NO2. The van der Waals surface area contributed by atoms with E-state index in [4.69, 9.17) is 5.73 Å². The van der Waals surface area contributed by atoms with Crippen molar-refractivity contribution in [1.82, 2.24) is 5.73 Å². The Morgan fingerprint density at radius 3 is 2.38 bits per heavy atom. The van der Waals surface area contributed by atoms with E-state index in [1.807, 2.05) is 30.3 Å². The van der Waals surface area contributed by atoms with Gasteiger partial charge < -0.3 is 10.2 Å². The molecular weight excluding hydrogens is 202 g/mol. The summed E-state index contributed by atoms with van der Waals surface area (Å²) in [6.07, 6.45) is 0.817. The highest BCUT2D eigenvalue weighted by atomic mass is 16.3. The van der Waals surface area contributed by atoms with Crippen LogP contribution in [0.5, 0.6) is 0 Å². The van der Waals surface area contributed by atoms with Gasteiger partial charge in [0, 0.05) is 0 Å². The molecule has 0 unspecified atom stereocenters. The SMILES string of the molecule is [NH][C@@H](Cc1ccccc1)[C@@H](O)[C@@H](O)C1CC1. The van der Waals surface area contributed by atoms with E-state index in [-0.39, 0.29) is 5.92 Å². The summed E-state index contributed by atoms with van der Waals surface area (Å²) in [7, 11) is 0. The number of rotatable bonds is 5. The van der Waals surface area contributed by atoms with E-state index in [1.54, 1.807) is 0 Å². The van der Waals surface area contributed by atoms with Crippen LogP contribution in [-0.4, -0.2) is 28.5 Å². The molecule has 3 N–H and O–H groups in total. The van der Waals surface area contributed by atoms with Gasteiger partial charge in [0.15, 0.2) is 0 Å². The Morgan fingerprint density at radius 2 is 1.81 bits per heavy atom. The fourth-order valence-electron chi connectivity index (χ4n) is 1.94. The molecule has 1 aliphatic carbocycles. The lowest BCUT2D eigenvalue weighted by Gasteiger charge is -2.23. The first-order chi connectivity index (χ1) is 7.68. The Morgan fingerprint density at radius 1 is 1.19 bits per heavy atom. The van der Waals surface area contributed by atoms with Gasteiger partial charge in [-0.15, -0.1) is 0 Å². The standard InChI is InChI=1S/C13H18NO2/c14-11(8-9-4-2-1-3-5-9)13(16)12(15)10-6-7-10/h1-5,10-16H,6-8H2/t11-,12-,13+/m0/s1. The van der Waals surface area contributed by atoms with Crippen molar-refractivity contribution in [3.8, 4) is 0 Å². The predicted octanol–water partition coefficient (Wildman–Crippen LogP) is 1.01. The summed E-state index contributed by atoms with van der Waals surface area (Å²) in [4.78, 5) is 0. The monoisotopic (exact) mass is 220 g/mol. The molecule has 0 saturated heterocycles. The van der Waals surface area contributed by atoms with Crippen LogP contribution in [0.4, 0.5) is 0 Å². The Kier molecular flexibility index (Phi) is 3.59. The van der Waals surface area contributed by atoms with Crippen LogP contribution in [0.1, 0.15) is 18.4 Å². The molecule has 3 atom stereocenters. The summed E-state index contributed by atoms with van der Waals surface area (Å²) in [5, 5.41) is 19.6. The van der Waals surface area contributed by atoms with E-state index in [9.17, 15) is 10.2 Å². The number of hydrogen-bond donors (Lipinski definition) is 2. The molecule has 1 radical (unpaired) electrons. The Balaban J connectivity index is 1.89. The molecule has 16 heavy (non-hydrogen) atoms. The van der Waals surface area contributed by atoms with Gasteiger partial charge in [-0.1, -0.05) is 30.3 Å². The van der Waals surface area contributed by atoms with Crippen molar-refractivity contribution in [2.75, 3.05) is 0 Å². The molecule has 2 rings (SSSR count). The van der Waals surface area contributed by atoms with Crippen LogP contribution < -0.4 is 5.73 Å². The molecule has 3 heteroatoms. The number of aliphatic hydroxyl groups is 2. The third-order valence-corrected chi connectivity index (χ3v) is 3.17. The summed E-state index contributed by atoms with van der Waals surface area (Å²) < 4.78 is 0. The smallest absolute Gasteiger partial charge is 0.0971 e. The van der Waals surface area contributed by atoms with Gasteiger partial charge in [-0.05, 0) is 30.7 Å². The molecule has 1 aromatic rings. The third kappa shape index (κ3) is 2.82. The molecule has 0 aromatic heterocycles. The molecule has 0 heterocycles. The predicted molar refractivity (Wildman–Crippen MR) is 61.8 cm³/mol. The van der Waals surface area contributed by atoms with Crippen LogP contribution in [0.25, 0.3) is 0 Å². The number of nitrogens with one attached hydrogen (secondary N) is 1. The molecule has 1 saturated carbocycles. The lowest BCUT2D eigenvalue weighted by atomic mass is 9.96. The van der Waals surface area contributed by atoms with E-state index in [0.717, 1.165) is 18.4 Å². The lowest BCUT2D eigenvalue weighted by Crippen LogP contribution is -2.40. The Hall–Kier alpha value is -0.900. The minimum atomic E-state index is -0.923. The summed E-state index contributed by atoms with van der Waals surface area (Å²) in [6.45, 7) is 0. The van der Waals surface area contributed by atoms with E-state index >= 15 is 0 Å². The largest absolute Gasteiger partial charge is 0.390 e. The molecule has 1 fully saturated rings. The Bertz CT molecular complexity index is 324. The summed E-state index contributed by atoms with van der Waals surface area (Å²) in [5.74, 6) is 0.221. The topological polar surface area (TPSA) is 64.3 Å². The van der Waals surface area contributed by atoms with E-state index < -0.39 is 18.2 Å². The second-order valence-electron chi connectivity index (χ2n) is 4.61. The van der Waals surface area contributed by atoms with Gasteiger partial charge in [-0.25, -0.2) is 0 Å². The van der Waals surface area contributed by atoms with Crippen LogP contribution in [-0.2, 0) is 6.42 Å². The molecule has 87 valence electrons. The van der Waals surface area contributed by atoms with Crippen molar-refractivity contribution in [3.63, 3.8) is 0 Å². The second kappa shape index (κ2) is 4.95. The van der Waals surface area contributed by atoms with Crippen LogP contribution in [0, 0.1) is 5.92 Å². The average Bonchev–Trinajstić information content (AvgIpc) is 3.12. The van der Waals surface area contributed by atoms with Gasteiger partial charge in [0.05, 0.1) is 18.2 Å². The highest BCUT2D eigenvalue weighted by Crippen LogP contribution is 2.34. The van der Waals surface area contributed by atoms with Gasteiger partial charge in [0.2, 0.25) is 0 Å². The van der Waals surface area contributed by atoms with Crippen molar-refractivity contribution in [2.45, 2.75) is 37.5 Å². The molecule has 0 bridgehead atoms. The minimum Gasteiger partial charge on any atom is -0.390 e. The van der Waals surface area contributed by atoms with Crippen molar-refractivity contribution < 1.29 is 10.2 Å². The summed E-state index contributed by atoms with van der Waals surface area (Å²) >= 11 is 0. The van der Waals surface area contributed by atoms with Crippen LogP contribution in [0.3, 0.4) is 0 Å². The first kappa shape index (κ1) is 11.6.